The molecule has 0 aromatic heterocycles. The topological polar surface area (TPSA) is 47.6 Å². The minimum Gasteiger partial charge on any atom is -0.336 e. The molecular formula is C28H38N4O. The number of piperidine rings is 4. The van der Waals surface area contributed by atoms with Crippen LogP contribution in [0, 0.1) is 17.8 Å². The predicted molar refractivity (Wildman–Crippen MR) is 134 cm³/mol. The van der Waals surface area contributed by atoms with Crippen LogP contribution in [0.15, 0.2) is 60.7 Å². The second-order valence-corrected chi connectivity index (χ2v) is 10.3. The van der Waals surface area contributed by atoms with Crippen molar-refractivity contribution >= 4 is 11.7 Å². The van der Waals surface area contributed by atoms with Crippen LogP contribution in [-0.2, 0) is 6.42 Å². The standard InChI is InChI=1S/C28H38N4O/c33-28(30-26-9-5-2-6-10-26)29-19-27-18-24-13-16-32(27)21-25(24)20-31-14-11-23(12-15-31)17-22-7-3-1-4-8-22/h1-10,23-25,27H,11-21H2,(H2,29,30,33)/t24-,25-,27+/m0/s1. The van der Waals surface area contributed by atoms with Gasteiger partial charge in [0.2, 0.25) is 0 Å². The molecule has 2 bridgehead atoms. The molecule has 176 valence electrons. The molecule has 5 nitrogen and oxygen atoms in total. The number of para-hydroxylation sites is 1. The zero-order chi connectivity index (χ0) is 22.5. The number of hydrogen-bond donors (Lipinski definition) is 2. The van der Waals surface area contributed by atoms with Crippen LogP contribution in [0.25, 0.3) is 0 Å². The highest BCUT2D eigenvalue weighted by Gasteiger charge is 2.40. The number of carbonyl (C=O) groups is 1. The number of benzene rings is 2. The number of likely N-dealkylation sites (tertiary alicyclic amines) is 1. The SMILES string of the molecule is O=C(NC[C@H]1C[C@@H]2CCN1C[C@@H]2CN1CCC(Cc2ccccc2)CC1)Nc1ccccc1. The van der Waals surface area contributed by atoms with E-state index in [1.165, 1.54) is 70.4 Å². The van der Waals surface area contributed by atoms with E-state index in [1.54, 1.807) is 0 Å². The third-order valence-electron chi connectivity index (χ3n) is 8.11. The molecule has 6 rings (SSSR count). The van der Waals surface area contributed by atoms with Gasteiger partial charge in [0, 0.05) is 31.4 Å². The summed E-state index contributed by atoms with van der Waals surface area (Å²) in [5, 5.41) is 6.04. The van der Waals surface area contributed by atoms with Crippen molar-refractivity contribution in [2.45, 2.75) is 38.1 Å². The van der Waals surface area contributed by atoms with Gasteiger partial charge < -0.3 is 15.5 Å². The molecule has 2 aromatic carbocycles. The zero-order valence-electron chi connectivity index (χ0n) is 19.7. The summed E-state index contributed by atoms with van der Waals surface area (Å²) in [6.07, 6.45) is 6.45. The van der Waals surface area contributed by atoms with Crippen LogP contribution in [0.2, 0.25) is 0 Å². The summed E-state index contributed by atoms with van der Waals surface area (Å²) in [4.78, 5) is 17.6. The van der Waals surface area contributed by atoms with Crippen molar-refractivity contribution in [3.05, 3.63) is 66.2 Å². The van der Waals surface area contributed by atoms with Gasteiger partial charge in [-0.2, -0.15) is 0 Å². The Morgan fingerprint density at radius 3 is 2.33 bits per heavy atom. The van der Waals surface area contributed by atoms with Crippen molar-refractivity contribution < 1.29 is 4.79 Å². The van der Waals surface area contributed by atoms with Crippen molar-refractivity contribution in [3.8, 4) is 0 Å². The van der Waals surface area contributed by atoms with E-state index in [0.29, 0.717) is 6.04 Å². The first-order valence-corrected chi connectivity index (χ1v) is 12.8. The number of amides is 2. The van der Waals surface area contributed by atoms with Gasteiger partial charge in [0.1, 0.15) is 0 Å². The van der Waals surface area contributed by atoms with E-state index in [2.05, 4.69) is 50.8 Å². The van der Waals surface area contributed by atoms with Crippen LogP contribution in [0.5, 0.6) is 0 Å². The van der Waals surface area contributed by atoms with Crippen LogP contribution in [-0.4, -0.2) is 61.1 Å². The van der Waals surface area contributed by atoms with E-state index in [1.807, 2.05) is 30.3 Å². The summed E-state index contributed by atoms with van der Waals surface area (Å²) in [6, 6.07) is 21.0. The summed E-state index contributed by atoms with van der Waals surface area (Å²) in [5.41, 5.74) is 2.33. The van der Waals surface area contributed by atoms with Gasteiger partial charge in [0.15, 0.2) is 0 Å². The number of rotatable bonds is 7. The molecule has 4 atom stereocenters. The Labute approximate surface area is 198 Å². The van der Waals surface area contributed by atoms with Crippen molar-refractivity contribution in [3.63, 3.8) is 0 Å². The molecule has 2 amide bonds. The van der Waals surface area contributed by atoms with Gasteiger partial charge in [-0.05, 0) is 87.2 Å². The number of nitrogens with one attached hydrogen (secondary N) is 2. The lowest BCUT2D eigenvalue weighted by Crippen LogP contribution is -2.59. The van der Waals surface area contributed by atoms with Gasteiger partial charge in [-0.25, -0.2) is 4.79 Å². The van der Waals surface area contributed by atoms with E-state index >= 15 is 0 Å². The van der Waals surface area contributed by atoms with Crippen LogP contribution in [0.4, 0.5) is 10.5 Å². The molecule has 0 spiro atoms. The molecular weight excluding hydrogens is 408 g/mol. The van der Waals surface area contributed by atoms with Gasteiger partial charge in [-0.15, -0.1) is 0 Å². The van der Waals surface area contributed by atoms with Crippen molar-refractivity contribution in [2.24, 2.45) is 17.8 Å². The Morgan fingerprint density at radius 2 is 1.64 bits per heavy atom. The molecule has 2 N–H and O–H groups in total. The van der Waals surface area contributed by atoms with Crippen molar-refractivity contribution in [2.75, 3.05) is 44.6 Å². The number of carbonyl (C=O) groups excluding carboxylic acids is 1. The van der Waals surface area contributed by atoms with E-state index in [9.17, 15) is 4.79 Å². The van der Waals surface area contributed by atoms with E-state index in [4.69, 9.17) is 0 Å². The molecule has 1 unspecified atom stereocenters. The molecule has 33 heavy (non-hydrogen) atoms. The highest BCUT2D eigenvalue weighted by Crippen LogP contribution is 2.37. The maximum absolute atomic E-state index is 12.3. The molecule has 0 aliphatic carbocycles. The van der Waals surface area contributed by atoms with Gasteiger partial charge in [-0.3, -0.25) is 4.90 Å². The van der Waals surface area contributed by atoms with Gasteiger partial charge >= 0.3 is 6.03 Å². The molecule has 4 fully saturated rings. The Morgan fingerprint density at radius 1 is 0.909 bits per heavy atom. The lowest BCUT2D eigenvalue weighted by atomic mass is 9.75. The van der Waals surface area contributed by atoms with Gasteiger partial charge in [0.25, 0.3) is 0 Å². The summed E-state index contributed by atoms with van der Waals surface area (Å²) < 4.78 is 0. The van der Waals surface area contributed by atoms with Gasteiger partial charge in [0.05, 0.1) is 0 Å². The van der Waals surface area contributed by atoms with Crippen LogP contribution in [0.1, 0.15) is 31.2 Å². The summed E-state index contributed by atoms with van der Waals surface area (Å²) in [5.74, 6) is 2.44. The largest absolute Gasteiger partial charge is 0.336 e. The summed E-state index contributed by atoms with van der Waals surface area (Å²) >= 11 is 0. The van der Waals surface area contributed by atoms with Gasteiger partial charge in [-0.1, -0.05) is 48.5 Å². The van der Waals surface area contributed by atoms with Crippen molar-refractivity contribution in [1.82, 2.24) is 15.1 Å². The minimum absolute atomic E-state index is 0.0984. The first-order valence-electron chi connectivity index (χ1n) is 12.8. The summed E-state index contributed by atoms with van der Waals surface area (Å²) in [7, 11) is 0. The third-order valence-corrected chi connectivity index (χ3v) is 8.11. The fourth-order valence-electron chi connectivity index (χ4n) is 6.23. The molecule has 4 heterocycles. The minimum atomic E-state index is -0.0984. The maximum atomic E-state index is 12.3. The smallest absolute Gasteiger partial charge is 0.319 e. The number of anilines is 1. The quantitative estimate of drug-likeness (QED) is 0.660. The first kappa shape index (κ1) is 22.4. The highest BCUT2D eigenvalue weighted by molar-refractivity contribution is 5.89. The lowest BCUT2D eigenvalue weighted by Gasteiger charge is -2.51. The second-order valence-electron chi connectivity index (χ2n) is 10.3. The molecule has 5 heteroatoms. The number of urea groups is 1. The lowest BCUT2D eigenvalue weighted by molar-refractivity contribution is -0.0145. The maximum Gasteiger partial charge on any atom is 0.319 e. The molecule has 0 radical (unpaired) electrons. The molecule has 4 aliphatic heterocycles. The molecule has 4 aliphatic rings. The van der Waals surface area contributed by atoms with Crippen LogP contribution >= 0.6 is 0 Å². The van der Waals surface area contributed by atoms with Crippen LogP contribution in [0.3, 0.4) is 0 Å². The van der Waals surface area contributed by atoms with E-state index in [0.717, 1.165) is 30.0 Å². The average molecular weight is 447 g/mol. The zero-order valence-corrected chi connectivity index (χ0v) is 19.7. The Balaban J connectivity index is 1.04. The Kier molecular flexibility index (Phi) is 7.27. The number of hydrogen-bond acceptors (Lipinski definition) is 3. The molecule has 2 aromatic rings. The molecule has 4 saturated heterocycles. The fourth-order valence-corrected chi connectivity index (χ4v) is 6.23. The van der Waals surface area contributed by atoms with E-state index in [-0.39, 0.29) is 6.03 Å². The number of nitrogens with zero attached hydrogens (tertiary/aromatic N) is 2. The molecule has 0 saturated carbocycles. The Bertz CT molecular complexity index is 881. The normalized spacial score (nSPS) is 27.9. The predicted octanol–water partition coefficient (Wildman–Crippen LogP) is 4.47. The highest BCUT2D eigenvalue weighted by atomic mass is 16.2. The first-order chi connectivity index (χ1) is 16.2. The third kappa shape index (κ3) is 5.96. The fraction of sp³-hybridized carbons (Fsp3) is 0.536. The average Bonchev–Trinajstić information content (AvgIpc) is 2.86. The van der Waals surface area contributed by atoms with Crippen molar-refractivity contribution in [1.29, 1.82) is 0 Å². The monoisotopic (exact) mass is 446 g/mol. The van der Waals surface area contributed by atoms with Crippen LogP contribution < -0.4 is 10.6 Å². The van der Waals surface area contributed by atoms with E-state index < -0.39 is 0 Å². The Hall–Kier alpha value is -2.37. The number of fused-ring (bicyclic) bond motifs is 3. The second kappa shape index (κ2) is 10.7. The summed E-state index contributed by atoms with van der Waals surface area (Å²) in [6.45, 7) is 6.89.